The molecule has 0 radical (unpaired) electrons. The van der Waals surface area contributed by atoms with E-state index in [4.69, 9.17) is 5.11 Å². The van der Waals surface area contributed by atoms with Crippen LogP contribution in [0.1, 0.15) is 17.5 Å². The van der Waals surface area contributed by atoms with Gasteiger partial charge in [0.2, 0.25) is 0 Å². The average molecular weight is 257 g/mol. The summed E-state index contributed by atoms with van der Waals surface area (Å²) in [7, 11) is 1.99. The van der Waals surface area contributed by atoms with Crippen molar-refractivity contribution in [1.82, 2.24) is 5.32 Å². The average Bonchev–Trinajstić information content (AvgIpc) is 2.44. The summed E-state index contributed by atoms with van der Waals surface area (Å²) in [6.45, 7) is 2.98. The minimum absolute atomic E-state index is 0.368. The first kappa shape index (κ1) is 15.3. The molecule has 0 heterocycles. The van der Waals surface area contributed by atoms with Crippen LogP contribution in [0.4, 0.5) is 0 Å². The molecule has 102 valence electrons. The van der Waals surface area contributed by atoms with E-state index in [-0.39, 0.29) is 0 Å². The Morgan fingerprint density at radius 2 is 1.58 bits per heavy atom. The third kappa shape index (κ3) is 6.63. The van der Waals surface area contributed by atoms with Gasteiger partial charge in [0.15, 0.2) is 0 Å². The monoisotopic (exact) mass is 257 g/mol. The molecule has 2 aromatic rings. The first-order valence-electron chi connectivity index (χ1n) is 6.67. The van der Waals surface area contributed by atoms with Crippen LogP contribution in [0.2, 0.25) is 0 Å². The number of aromatic hydroxyl groups is 1. The van der Waals surface area contributed by atoms with Gasteiger partial charge < -0.3 is 10.4 Å². The fourth-order valence-electron chi connectivity index (χ4n) is 1.68. The van der Waals surface area contributed by atoms with E-state index in [1.807, 2.05) is 32.2 Å². The lowest BCUT2D eigenvalue weighted by atomic mass is 10.1. The van der Waals surface area contributed by atoms with Crippen LogP contribution in [0, 0.1) is 6.92 Å². The molecule has 0 aliphatic rings. The van der Waals surface area contributed by atoms with Crippen molar-refractivity contribution in [2.24, 2.45) is 0 Å². The predicted molar refractivity (Wildman–Crippen MR) is 81.5 cm³/mol. The normalized spacial score (nSPS) is 9.58. The second kappa shape index (κ2) is 9.17. The fourth-order valence-corrected chi connectivity index (χ4v) is 1.68. The molecule has 2 aromatic carbocycles. The quantitative estimate of drug-likeness (QED) is 0.821. The summed E-state index contributed by atoms with van der Waals surface area (Å²) in [6.07, 6.45) is 2.40. The van der Waals surface area contributed by atoms with Gasteiger partial charge >= 0.3 is 0 Å². The molecule has 0 fully saturated rings. The summed E-state index contributed by atoms with van der Waals surface area (Å²) in [6, 6.07) is 17.8. The number of hydrogen-bond donors (Lipinski definition) is 2. The van der Waals surface area contributed by atoms with Crippen molar-refractivity contribution in [3.8, 4) is 5.75 Å². The third-order valence-electron chi connectivity index (χ3n) is 2.85. The molecule has 2 heteroatoms. The molecule has 0 aromatic heterocycles. The van der Waals surface area contributed by atoms with Gasteiger partial charge in [-0.1, -0.05) is 48.5 Å². The summed E-state index contributed by atoms with van der Waals surface area (Å²) in [5, 5.41) is 12.1. The zero-order chi connectivity index (χ0) is 13.9. The Kier molecular flexibility index (Phi) is 7.37. The van der Waals surface area contributed by atoms with Gasteiger partial charge in [-0.3, -0.25) is 0 Å². The first-order chi connectivity index (χ1) is 9.24. The Balaban J connectivity index is 0.000000200. The van der Waals surface area contributed by atoms with Gasteiger partial charge in [0.25, 0.3) is 0 Å². The molecule has 0 aliphatic heterocycles. The van der Waals surface area contributed by atoms with Gasteiger partial charge in [0, 0.05) is 0 Å². The number of hydrogen-bond acceptors (Lipinski definition) is 2. The molecule has 0 saturated heterocycles. The molecule has 0 bridgehead atoms. The number of nitrogens with one attached hydrogen (secondary N) is 1. The molecule has 2 rings (SSSR count). The minimum Gasteiger partial charge on any atom is -0.508 e. The molecule has 0 spiro atoms. The van der Waals surface area contributed by atoms with E-state index in [2.05, 4.69) is 35.6 Å². The Hall–Kier alpha value is -1.80. The Bertz CT molecular complexity index is 433. The maximum absolute atomic E-state index is 8.92. The van der Waals surface area contributed by atoms with E-state index in [1.165, 1.54) is 18.4 Å². The molecular formula is C17H23NO. The fraction of sp³-hybridized carbons (Fsp3) is 0.294. The SMILES string of the molecule is CNCCCc1ccccc1.Cc1ccccc1O. The molecular weight excluding hydrogens is 234 g/mol. The lowest BCUT2D eigenvalue weighted by molar-refractivity contribution is 0.471. The maximum atomic E-state index is 8.92. The highest BCUT2D eigenvalue weighted by Gasteiger charge is 1.89. The second-order valence-corrected chi connectivity index (χ2v) is 4.48. The van der Waals surface area contributed by atoms with E-state index in [1.54, 1.807) is 6.07 Å². The highest BCUT2D eigenvalue weighted by Crippen LogP contribution is 2.12. The van der Waals surface area contributed by atoms with Gasteiger partial charge in [-0.25, -0.2) is 0 Å². The van der Waals surface area contributed by atoms with Crippen molar-refractivity contribution < 1.29 is 5.11 Å². The second-order valence-electron chi connectivity index (χ2n) is 4.48. The van der Waals surface area contributed by atoms with E-state index in [9.17, 15) is 0 Å². The lowest BCUT2D eigenvalue weighted by Crippen LogP contribution is -2.08. The summed E-state index contributed by atoms with van der Waals surface area (Å²) in [5.74, 6) is 0.368. The van der Waals surface area contributed by atoms with Crippen LogP contribution in [0.3, 0.4) is 0 Å². The van der Waals surface area contributed by atoms with Gasteiger partial charge in [-0.15, -0.1) is 0 Å². The number of phenolic OH excluding ortho intramolecular Hbond substituents is 1. The summed E-state index contributed by atoms with van der Waals surface area (Å²) < 4.78 is 0. The van der Waals surface area contributed by atoms with Crippen molar-refractivity contribution in [2.45, 2.75) is 19.8 Å². The van der Waals surface area contributed by atoms with Gasteiger partial charge in [-0.05, 0) is 50.6 Å². The maximum Gasteiger partial charge on any atom is 0.118 e. The molecule has 0 saturated carbocycles. The minimum atomic E-state index is 0.368. The molecule has 2 nitrogen and oxygen atoms in total. The van der Waals surface area contributed by atoms with Crippen LogP contribution in [-0.4, -0.2) is 18.7 Å². The van der Waals surface area contributed by atoms with Crippen molar-refractivity contribution in [2.75, 3.05) is 13.6 Å². The van der Waals surface area contributed by atoms with Crippen LogP contribution in [0.5, 0.6) is 5.75 Å². The summed E-state index contributed by atoms with van der Waals surface area (Å²) >= 11 is 0. The van der Waals surface area contributed by atoms with Crippen molar-refractivity contribution in [3.05, 3.63) is 65.7 Å². The third-order valence-corrected chi connectivity index (χ3v) is 2.85. The molecule has 19 heavy (non-hydrogen) atoms. The molecule has 0 unspecified atom stereocenters. The van der Waals surface area contributed by atoms with Gasteiger partial charge in [0.1, 0.15) is 5.75 Å². The summed E-state index contributed by atoms with van der Waals surface area (Å²) in [5.41, 5.74) is 2.36. The van der Waals surface area contributed by atoms with Crippen molar-refractivity contribution >= 4 is 0 Å². The Morgan fingerprint density at radius 1 is 0.947 bits per heavy atom. The topological polar surface area (TPSA) is 32.3 Å². The number of benzene rings is 2. The molecule has 0 aliphatic carbocycles. The van der Waals surface area contributed by atoms with E-state index >= 15 is 0 Å². The highest BCUT2D eigenvalue weighted by molar-refractivity contribution is 5.29. The van der Waals surface area contributed by atoms with E-state index in [0.29, 0.717) is 5.75 Å². The first-order valence-corrected chi connectivity index (χ1v) is 6.67. The van der Waals surface area contributed by atoms with Crippen molar-refractivity contribution in [1.29, 1.82) is 0 Å². The Morgan fingerprint density at radius 3 is 2.11 bits per heavy atom. The number of aryl methyl sites for hydroxylation is 2. The van der Waals surface area contributed by atoms with E-state index in [0.717, 1.165) is 12.1 Å². The van der Waals surface area contributed by atoms with Gasteiger partial charge in [-0.2, -0.15) is 0 Å². The summed E-state index contributed by atoms with van der Waals surface area (Å²) in [4.78, 5) is 0. The Labute approximate surface area is 116 Å². The zero-order valence-electron chi connectivity index (χ0n) is 11.8. The molecule has 0 atom stereocenters. The number of para-hydroxylation sites is 1. The number of phenols is 1. The van der Waals surface area contributed by atoms with Crippen LogP contribution in [-0.2, 0) is 6.42 Å². The van der Waals surface area contributed by atoms with E-state index < -0.39 is 0 Å². The molecule has 0 amide bonds. The van der Waals surface area contributed by atoms with Crippen LogP contribution in [0.15, 0.2) is 54.6 Å². The lowest BCUT2D eigenvalue weighted by Gasteiger charge is -1.99. The highest BCUT2D eigenvalue weighted by atomic mass is 16.3. The van der Waals surface area contributed by atoms with Crippen LogP contribution >= 0.6 is 0 Å². The smallest absolute Gasteiger partial charge is 0.118 e. The van der Waals surface area contributed by atoms with Crippen molar-refractivity contribution in [3.63, 3.8) is 0 Å². The largest absolute Gasteiger partial charge is 0.508 e. The predicted octanol–water partition coefficient (Wildman–Crippen LogP) is 3.54. The van der Waals surface area contributed by atoms with Crippen LogP contribution in [0.25, 0.3) is 0 Å². The zero-order valence-corrected chi connectivity index (χ0v) is 11.8. The van der Waals surface area contributed by atoms with Crippen LogP contribution < -0.4 is 5.32 Å². The standard InChI is InChI=1S/C10H15N.C7H8O/c1-11-9-5-8-10-6-3-2-4-7-10;1-6-4-2-3-5-7(6)8/h2-4,6-7,11H,5,8-9H2,1H3;2-5,8H,1H3. The number of rotatable bonds is 4. The molecule has 2 N–H and O–H groups in total. The van der Waals surface area contributed by atoms with Gasteiger partial charge in [0.05, 0.1) is 0 Å².